The van der Waals surface area contributed by atoms with E-state index in [0.29, 0.717) is 6.42 Å². The molecule has 0 heterocycles. The van der Waals surface area contributed by atoms with E-state index in [0.717, 1.165) is 12.1 Å². The third-order valence-electron chi connectivity index (χ3n) is 2.46. The summed E-state index contributed by atoms with van der Waals surface area (Å²) in [4.78, 5) is 9.67. The molecule has 0 fully saturated rings. The van der Waals surface area contributed by atoms with Crippen molar-refractivity contribution in [1.29, 1.82) is 0 Å². The molecule has 0 aliphatic rings. The van der Waals surface area contributed by atoms with E-state index in [4.69, 9.17) is 16.7 Å². The van der Waals surface area contributed by atoms with Gasteiger partial charge in [0.05, 0.1) is 16.4 Å². The van der Waals surface area contributed by atoms with E-state index in [1.54, 1.807) is 6.92 Å². The van der Waals surface area contributed by atoms with Gasteiger partial charge in [0.1, 0.15) is 5.02 Å². The van der Waals surface area contributed by atoms with Crippen LogP contribution >= 0.6 is 11.6 Å². The highest BCUT2D eigenvalue weighted by molar-refractivity contribution is 7.89. The van der Waals surface area contributed by atoms with Crippen molar-refractivity contribution in [3.05, 3.63) is 33.3 Å². The van der Waals surface area contributed by atoms with Crippen LogP contribution in [0, 0.1) is 10.1 Å². The highest BCUT2D eigenvalue weighted by Gasteiger charge is 2.22. The highest BCUT2D eigenvalue weighted by atomic mass is 35.5. The van der Waals surface area contributed by atoms with E-state index in [2.05, 4.69) is 4.72 Å². The number of nitro benzene ring substituents is 1. The number of benzene rings is 1. The van der Waals surface area contributed by atoms with Crippen LogP contribution in [-0.2, 0) is 10.0 Å². The minimum Gasteiger partial charge on any atom is -0.395 e. The summed E-state index contributed by atoms with van der Waals surface area (Å²) in [5.74, 6) is 0. The van der Waals surface area contributed by atoms with Gasteiger partial charge >= 0.3 is 0 Å². The highest BCUT2D eigenvalue weighted by Crippen LogP contribution is 2.27. The van der Waals surface area contributed by atoms with Crippen LogP contribution in [0.4, 0.5) is 5.69 Å². The topological polar surface area (TPSA) is 110 Å². The molecule has 0 aliphatic carbocycles. The Balaban J connectivity index is 3.15. The lowest BCUT2D eigenvalue weighted by Gasteiger charge is -2.14. The van der Waals surface area contributed by atoms with Gasteiger partial charge in [-0.2, -0.15) is 0 Å². The van der Waals surface area contributed by atoms with Gasteiger partial charge in [-0.25, -0.2) is 13.1 Å². The monoisotopic (exact) mass is 308 g/mol. The van der Waals surface area contributed by atoms with Gasteiger partial charge in [0.2, 0.25) is 10.0 Å². The predicted octanol–water partition coefficient (Wildman–Crippen LogP) is 1.30. The molecule has 7 nitrogen and oxygen atoms in total. The van der Waals surface area contributed by atoms with Crippen LogP contribution in [0.1, 0.15) is 13.3 Å². The maximum atomic E-state index is 12.0. The van der Waals surface area contributed by atoms with Crippen molar-refractivity contribution in [3.8, 4) is 0 Å². The van der Waals surface area contributed by atoms with Gasteiger partial charge in [-0.15, -0.1) is 0 Å². The number of rotatable bonds is 6. The molecule has 0 aliphatic heterocycles. The van der Waals surface area contributed by atoms with Gasteiger partial charge in [0.25, 0.3) is 5.69 Å². The molecule has 0 aromatic heterocycles. The first kappa shape index (κ1) is 15.8. The van der Waals surface area contributed by atoms with Crippen molar-refractivity contribution in [2.24, 2.45) is 0 Å². The van der Waals surface area contributed by atoms with Crippen LogP contribution in [0.3, 0.4) is 0 Å². The van der Waals surface area contributed by atoms with E-state index in [9.17, 15) is 18.5 Å². The summed E-state index contributed by atoms with van der Waals surface area (Å²) in [6, 6.07) is 2.56. The van der Waals surface area contributed by atoms with E-state index < -0.39 is 26.7 Å². The number of nitrogens with zero attached hydrogens (tertiary/aromatic N) is 1. The van der Waals surface area contributed by atoms with Crippen molar-refractivity contribution < 1.29 is 18.4 Å². The molecule has 1 rings (SSSR count). The number of hydrogen-bond acceptors (Lipinski definition) is 5. The van der Waals surface area contributed by atoms with Crippen LogP contribution in [0.5, 0.6) is 0 Å². The number of aliphatic hydroxyl groups excluding tert-OH is 1. The second kappa shape index (κ2) is 6.29. The molecule has 1 aromatic rings. The van der Waals surface area contributed by atoms with Gasteiger partial charge < -0.3 is 5.11 Å². The number of halogens is 1. The summed E-state index contributed by atoms with van der Waals surface area (Å²) in [7, 11) is -3.93. The lowest BCUT2D eigenvalue weighted by molar-refractivity contribution is -0.384. The maximum absolute atomic E-state index is 12.0. The van der Waals surface area contributed by atoms with Gasteiger partial charge in [0, 0.05) is 12.1 Å². The van der Waals surface area contributed by atoms with Crippen LogP contribution in [0.25, 0.3) is 0 Å². The number of aliphatic hydroxyl groups is 1. The normalized spacial score (nSPS) is 13.2. The third-order valence-corrected chi connectivity index (χ3v) is 4.30. The molecule has 19 heavy (non-hydrogen) atoms. The lowest BCUT2D eigenvalue weighted by atomic mass is 10.3. The summed E-state index contributed by atoms with van der Waals surface area (Å²) in [5.41, 5.74) is -0.485. The average Bonchev–Trinajstić information content (AvgIpc) is 2.35. The molecule has 1 atom stereocenters. The summed E-state index contributed by atoms with van der Waals surface area (Å²) in [6.45, 7) is 1.35. The first-order valence-electron chi connectivity index (χ1n) is 5.39. The van der Waals surface area contributed by atoms with Crippen molar-refractivity contribution in [2.45, 2.75) is 24.3 Å². The van der Waals surface area contributed by atoms with E-state index in [1.807, 2.05) is 0 Å². The Morgan fingerprint density at radius 3 is 2.63 bits per heavy atom. The quantitative estimate of drug-likeness (QED) is 0.608. The molecule has 0 saturated heterocycles. The Morgan fingerprint density at radius 1 is 1.53 bits per heavy atom. The van der Waals surface area contributed by atoms with Crippen molar-refractivity contribution >= 4 is 27.3 Å². The van der Waals surface area contributed by atoms with Crippen molar-refractivity contribution in [2.75, 3.05) is 6.61 Å². The zero-order valence-corrected chi connectivity index (χ0v) is 11.6. The fraction of sp³-hybridized carbons (Fsp3) is 0.400. The second-order valence-corrected chi connectivity index (χ2v) is 5.90. The molecule has 1 aromatic carbocycles. The third kappa shape index (κ3) is 3.87. The van der Waals surface area contributed by atoms with Crippen LogP contribution in [0.15, 0.2) is 23.1 Å². The molecule has 0 amide bonds. The summed E-state index contributed by atoms with van der Waals surface area (Å²) in [6.07, 6.45) is 0.394. The fourth-order valence-electron chi connectivity index (χ4n) is 1.34. The molecule has 0 unspecified atom stereocenters. The van der Waals surface area contributed by atoms with E-state index in [1.165, 1.54) is 6.07 Å². The Bertz CT molecular complexity index is 571. The molecular formula is C10H13ClN2O5S. The van der Waals surface area contributed by atoms with Gasteiger partial charge in [0.15, 0.2) is 0 Å². The number of hydrogen-bond donors (Lipinski definition) is 2. The Hall–Kier alpha value is -1.22. The smallest absolute Gasteiger partial charge is 0.289 e. The number of nitro groups is 1. The second-order valence-electron chi connectivity index (χ2n) is 3.78. The summed E-state index contributed by atoms with van der Waals surface area (Å²) >= 11 is 5.60. The largest absolute Gasteiger partial charge is 0.395 e. The van der Waals surface area contributed by atoms with Crippen LogP contribution in [0.2, 0.25) is 5.02 Å². The first-order chi connectivity index (χ1) is 8.81. The van der Waals surface area contributed by atoms with Crippen molar-refractivity contribution in [1.82, 2.24) is 4.72 Å². The zero-order valence-electron chi connectivity index (χ0n) is 10.0. The molecule has 2 N–H and O–H groups in total. The molecule has 106 valence electrons. The first-order valence-corrected chi connectivity index (χ1v) is 7.25. The SMILES string of the molecule is CC[C@H](CO)NS(=O)(=O)c1ccc(Cl)c([N+](=O)[O-])c1. The molecule has 0 saturated carbocycles. The minimum absolute atomic E-state index is 0.141. The van der Waals surface area contributed by atoms with Gasteiger partial charge in [-0.1, -0.05) is 18.5 Å². The number of sulfonamides is 1. The van der Waals surface area contributed by atoms with Crippen LogP contribution < -0.4 is 4.72 Å². The molecule has 0 bridgehead atoms. The summed E-state index contributed by atoms with van der Waals surface area (Å²) < 4.78 is 26.2. The Labute approximate surface area is 115 Å². The summed E-state index contributed by atoms with van der Waals surface area (Å²) in [5, 5.41) is 19.5. The molecular weight excluding hydrogens is 296 g/mol. The minimum atomic E-state index is -3.93. The van der Waals surface area contributed by atoms with Crippen molar-refractivity contribution in [3.63, 3.8) is 0 Å². The Morgan fingerprint density at radius 2 is 2.16 bits per heavy atom. The number of nitrogens with one attached hydrogen (secondary N) is 1. The van der Waals surface area contributed by atoms with Gasteiger partial charge in [-0.05, 0) is 18.6 Å². The van der Waals surface area contributed by atoms with E-state index in [-0.39, 0.29) is 16.5 Å². The zero-order chi connectivity index (χ0) is 14.6. The van der Waals surface area contributed by atoms with Crippen LogP contribution in [-0.4, -0.2) is 31.1 Å². The average molecular weight is 309 g/mol. The fourth-order valence-corrected chi connectivity index (χ4v) is 2.85. The lowest BCUT2D eigenvalue weighted by Crippen LogP contribution is -2.36. The predicted molar refractivity (Wildman–Crippen MR) is 69.6 cm³/mol. The van der Waals surface area contributed by atoms with Gasteiger partial charge in [-0.3, -0.25) is 10.1 Å². The standard InChI is InChI=1S/C10H13ClN2O5S/c1-2-7(6-14)12-19(17,18)8-3-4-9(11)10(5-8)13(15)16/h3-5,7,12,14H,2,6H2,1H3/t7-/m1/s1. The van der Waals surface area contributed by atoms with E-state index >= 15 is 0 Å². The molecule has 9 heteroatoms. The Kier molecular flexibility index (Phi) is 5.24. The maximum Gasteiger partial charge on any atom is 0.289 e. The molecule has 0 spiro atoms. The molecule has 0 radical (unpaired) electrons.